The minimum Gasteiger partial charge on any atom is -0.451 e. The molecule has 0 aromatic heterocycles. The van der Waals surface area contributed by atoms with Crippen LogP contribution in [-0.4, -0.2) is 11.6 Å². The first-order chi connectivity index (χ1) is 5.01. The number of ether oxygens (including phenoxy) is 1. The minimum atomic E-state index is -0.332. The Labute approximate surface area is 67.2 Å². The maximum atomic E-state index is 11.1. The monoisotopic (exact) mass is 154 g/mol. The lowest BCUT2D eigenvalue weighted by Gasteiger charge is -2.22. The van der Waals surface area contributed by atoms with E-state index < -0.39 is 0 Å². The Hall–Kier alpha value is -0.790. The predicted molar refractivity (Wildman–Crippen MR) is 43.2 cm³/mol. The van der Waals surface area contributed by atoms with Gasteiger partial charge in [0.2, 0.25) is 0 Å². The Balaban J connectivity index is 3.03. The van der Waals surface area contributed by atoms with Crippen LogP contribution in [0.1, 0.15) is 34.1 Å². The molecule has 0 amide bonds. The molecule has 0 N–H and O–H groups in total. The molecular weight excluding hydrogens is 140 g/mol. The fourth-order valence-corrected chi connectivity index (χ4v) is 1.24. The highest BCUT2D eigenvalue weighted by atomic mass is 16.6. The molecule has 0 radical (unpaired) electrons. The summed E-state index contributed by atoms with van der Waals surface area (Å²) < 4.78 is 5.21. The second-order valence-corrected chi connectivity index (χ2v) is 3.22. The Morgan fingerprint density at radius 1 is 1.45 bits per heavy atom. The number of carbonyl (C=O) groups is 1. The predicted octanol–water partition coefficient (Wildman–Crippen LogP) is 2.05. The van der Waals surface area contributed by atoms with Crippen LogP contribution >= 0.6 is 0 Å². The molecule has 11 heavy (non-hydrogen) atoms. The molecule has 1 heterocycles. The van der Waals surface area contributed by atoms with E-state index in [1.807, 2.05) is 27.7 Å². The van der Waals surface area contributed by atoms with Crippen LogP contribution in [0.4, 0.5) is 0 Å². The van der Waals surface area contributed by atoms with Crippen molar-refractivity contribution >= 4 is 5.97 Å². The molecule has 1 aliphatic heterocycles. The highest BCUT2D eigenvalue weighted by Gasteiger charge is 2.37. The van der Waals surface area contributed by atoms with Crippen LogP contribution in [0.2, 0.25) is 0 Å². The first kappa shape index (κ1) is 8.31. The lowest BCUT2D eigenvalue weighted by molar-refractivity contribution is -0.145. The van der Waals surface area contributed by atoms with Crippen molar-refractivity contribution in [2.24, 2.45) is 0 Å². The molecule has 0 saturated carbocycles. The number of esters is 1. The molecule has 0 bridgehead atoms. The van der Waals surface area contributed by atoms with E-state index in [-0.39, 0.29) is 11.6 Å². The summed E-state index contributed by atoms with van der Waals surface area (Å²) in [7, 11) is 0. The van der Waals surface area contributed by atoms with E-state index in [0.717, 1.165) is 17.6 Å². The topological polar surface area (TPSA) is 26.3 Å². The van der Waals surface area contributed by atoms with Gasteiger partial charge in [-0.2, -0.15) is 0 Å². The fraction of sp³-hybridized carbons (Fsp3) is 0.667. The Morgan fingerprint density at radius 2 is 2.00 bits per heavy atom. The van der Waals surface area contributed by atoms with E-state index in [0.29, 0.717) is 0 Å². The van der Waals surface area contributed by atoms with E-state index in [9.17, 15) is 4.79 Å². The Kier molecular flexibility index (Phi) is 1.78. The average molecular weight is 154 g/mol. The largest absolute Gasteiger partial charge is 0.451 e. The average Bonchev–Trinajstić information content (AvgIpc) is 2.17. The first-order valence-electron chi connectivity index (χ1n) is 3.92. The first-order valence-corrected chi connectivity index (χ1v) is 3.92. The van der Waals surface area contributed by atoms with Gasteiger partial charge in [-0.1, -0.05) is 6.92 Å². The van der Waals surface area contributed by atoms with Gasteiger partial charge in [-0.25, -0.2) is 4.79 Å². The van der Waals surface area contributed by atoms with E-state index in [1.54, 1.807) is 0 Å². The van der Waals surface area contributed by atoms with Crippen LogP contribution in [-0.2, 0) is 9.53 Å². The number of hydrogen-bond acceptors (Lipinski definition) is 2. The number of rotatable bonds is 1. The van der Waals surface area contributed by atoms with Crippen molar-refractivity contribution < 1.29 is 9.53 Å². The van der Waals surface area contributed by atoms with Gasteiger partial charge in [-0.05, 0) is 32.8 Å². The van der Waals surface area contributed by atoms with Gasteiger partial charge in [0.05, 0.1) is 0 Å². The summed E-state index contributed by atoms with van der Waals surface area (Å²) in [6.45, 7) is 7.76. The molecule has 62 valence electrons. The number of carbonyl (C=O) groups excluding carboxylic acids is 1. The summed E-state index contributed by atoms with van der Waals surface area (Å²) in [5, 5.41) is 0. The zero-order chi connectivity index (χ0) is 8.65. The zero-order valence-corrected chi connectivity index (χ0v) is 7.52. The Bertz CT molecular complexity index is 228. The molecule has 1 atom stereocenters. The van der Waals surface area contributed by atoms with E-state index >= 15 is 0 Å². The van der Waals surface area contributed by atoms with Gasteiger partial charge >= 0.3 is 5.97 Å². The van der Waals surface area contributed by atoms with Gasteiger partial charge in [0.25, 0.3) is 0 Å². The molecule has 0 spiro atoms. The molecule has 2 nitrogen and oxygen atoms in total. The van der Waals surface area contributed by atoms with Crippen molar-refractivity contribution in [2.75, 3.05) is 0 Å². The Morgan fingerprint density at radius 3 is 2.18 bits per heavy atom. The molecular formula is C9H14O2. The molecule has 0 aromatic rings. The second kappa shape index (κ2) is 2.36. The second-order valence-electron chi connectivity index (χ2n) is 3.22. The summed E-state index contributed by atoms with van der Waals surface area (Å²) >= 11 is 0. The van der Waals surface area contributed by atoms with Crippen LogP contribution in [0.25, 0.3) is 0 Å². The summed E-state index contributed by atoms with van der Waals surface area (Å²) in [4.78, 5) is 11.1. The summed E-state index contributed by atoms with van der Waals surface area (Å²) in [5.74, 6) is -0.160. The summed E-state index contributed by atoms with van der Waals surface area (Å²) in [6.07, 6.45) is 0.849. The number of cyclic esters (lactones) is 1. The maximum absolute atomic E-state index is 11.1. The van der Waals surface area contributed by atoms with Gasteiger partial charge in [0, 0.05) is 5.57 Å². The molecule has 1 unspecified atom stereocenters. The van der Waals surface area contributed by atoms with Crippen molar-refractivity contribution in [3.05, 3.63) is 11.1 Å². The quantitative estimate of drug-likeness (QED) is 0.540. The molecule has 2 heteroatoms. The van der Waals surface area contributed by atoms with E-state index in [1.165, 1.54) is 0 Å². The van der Waals surface area contributed by atoms with Gasteiger partial charge in [-0.15, -0.1) is 0 Å². The highest BCUT2D eigenvalue weighted by molar-refractivity contribution is 5.92. The molecule has 0 aromatic carbocycles. The van der Waals surface area contributed by atoms with Gasteiger partial charge < -0.3 is 4.74 Å². The molecule has 0 saturated heterocycles. The van der Waals surface area contributed by atoms with E-state index in [4.69, 9.17) is 4.74 Å². The lowest BCUT2D eigenvalue weighted by atomic mass is 9.93. The molecule has 1 aliphatic rings. The minimum absolute atomic E-state index is 0.160. The van der Waals surface area contributed by atoms with Crippen molar-refractivity contribution in [3.63, 3.8) is 0 Å². The fourth-order valence-electron chi connectivity index (χ4n) is 1.24. The van der Waals surface area contributed by atoms with Crippen LogP contribution in [0.5, 0.6) is 0 Å². The lowest BCUT2D eigenvalue weighted by Crippen LogP contribution is -2.25. The van der Waals surface area contributed by atoms with Gasteiger partial charge in [0.15, 0.2) is 0 Å². The van der Waals surface area contributed by atoms with Crippen molar-refractivity contribution in [1.29, 1.82) is 0 Å². The number of hydrogen-bond donors (Lipinski definition) is 0. The zero-order valence-electron chi connectivity index (χ0n) is 7.52. The third kappa shape index (κ3) is 1.06. The van der Waals surface area contributed by atoms with Crippen LogP contribution in [0.15, 0.2) is 11.1 Å². The standard InChI is InChI=1S/C9H14O2/c1-5-9(4)7(3)6(2)8(10)11-9/h5H2,1-4H3. The maximum Gasteiger partial charge on any atom is 0.334 e. The molecule has 1 rings (SSSR count). The summed E-state index contributed by atoms with van der Waals surface area (Å²) in [5.41, 5.74) is 1.51. The summed E-state index contributed by atoms with van der Waals surface area (Å²) in [6, 6.07) is 0. The van der Waals surface area contributed by atoms with Crippen LogP contribution < -0.4 is 0 Å². The van der Waals surface area contributed by atoms with E-state index in [2.05, 4.69) is 0 Å². The third-order valence-corrected chi connectivity index (χ3v) is 2.65. The molecule has 0 fully saturated rings. The van der Waals surface area contributed by atoms with Crippen molar-refractivity contribution in [1.82, 2.24) is 0 Å². The SMILES string of the molecule is CCC1(C)OC(=O)C(C)=C1C. The van der Waals surface area contributed by atoms with Crippen molar-refractivity contribution in [3.8, 4) is 0 Å². The van der Waals surface area contributed by atoms with Crippen LogP contribution in [0.3, 0.4) is 0 Å². The van der Waals surface area contributed by atoms with Crippen molar-refractivity contribution in [2.45, 2.75) is 39.7 Å². The normalized spacial score (nSPS) is 31.1. The third-order valence-electron chi connectivity index (χ3n) is 2.65. The smallest absolute Gasteiger partial charge is 0.334 e. The highest BCUT2D eigenvalue weighted by Crippen LogP contribution is 2.34. The van der Waals surface area contributed by atoms with Gasteiger partial charge in [-0.3, -0.25) is 0 Å². The molecule has 0 aliphatic carbocycles. The van der Waals surface area contributed by atoms with Gasteiger partial charge in [0.1, 0.15) is 5.60 Å². The van der Waals surface area contributed by atoms with Crippen LogP contribution in [0, 0.1) is 0 Å².